The Hall–Kier alpha value is -0.870. The summed E-state index contributed by atoms with van der Waals surface area (Å²) >= 11 is 3.09. The number of fused-ring (bicyclic) bond motifs is 1. The average molecular weight is 183 g/mol. The van der Waals surface area contributed by atoms with E-state index in [-0.39, 0.29) is 0 Å². The summed E-state index contributed by atoms with van der Waals surface area (Å²) in [7, 11) is 0. The second-order valence-corrected chi connectivity index (χ2v) is 4.38. The van der Waals surface area contributed by atoms with Gasteiger partial charge < -0.3 is 5.73 Å². The Bertz CT molecular complexity index is 401. The molecule has 0 aliphatic heterocycles. The molecule has 11 heavy (non-hydrogen) atoms. The van der Waals surface area contributed by atoms with Crippen LogP contribution in [-0.2, 0) is 0 Å². The van der Waals surface area contributed by atoms with Gasteiger partial charge in [0.25, 0.3) is 0 Å². The summed E-state index contributed by atoms with van der Waals surface area (Å²) in [6.07, 6.45) is 0.866. The molecule has 56 valence electrons. The zero-order valence-corrected chi connectivity index (χ0v) is 7.17. The van der Waals surface area contributed by atoms with Crippen molar-refractivity contribution in [2.75, 3.05) is 5.73 Å². The Balaban J connectivity index is 2.83. The Morgan fingerprint density at radius 1 is 1.55 bits per heavy atom. The molecule has 0 aromatic carbocycles. The SMILES string of the molecule is Nc1cc2c(C=O)csc2s1. The lowest BCUT2D eigenvalue weighted by molar-refractivity contribution is 0.112. The summed E-state index contributed by atoms with van der Waals surface area (Å²) in [4.78, 5) is 10.5. The van der Waals surface area contributed by atoms with Crippen molar-refractivity contribution in [1.82, 2.24) is 0 Å². The summed E-state index contributed by atoms with van der Waals surface area (Å²) in [5.41, 5.74) is 6.32. The van der Waals surface area contributed by atoms with Crippen LogP contribution < -0.4 is 5.73 Å². The van der Waals surface area contributed by atoms with Gasteiger partial charge in [0.15, 0.2) is 6.29 Å². The molecular formula is C7H5NOS2. The average Bonchev–Trinajstić information content (AvgIpc) is 2.45. The molecule has 2 rings (SSSR count). The van der Waals surface area contributed by atoms with Crippen LogP contribution in [0.3, 0.4) is 0 Å². The van der Waals surface area contributed by atoms with E-state index in [0.29, 0.717) is 0 Å². The normalized spacial score (nSPS) is 10.5. The van der Waals surface area contributed by atoms with Gasteiger partial charge in [-0.3, -0.25) is 4.79 Å². The maximum atomic E-state index is 10.5. The van der Waals surface area contributed by atoms with Crippen molar-refractivity contribution < 1.29 is 4.79 Å². The van der Waals surface area contributed by atoms with Gasteiger partial charge in [0, 0.05) is 16.3 Å². The zero-order valence-electron chi connectivity index (χ0n) is 5.53. The Morgan fingerprint density at radius 2 is 2.36 bits per heavy atom. The van der Waals surface area contributed by atoms with E-state index < -0.39 is 0 Å². The molecule has 0 bridgehead atoms. The molecule has 2 aromatic rings. The molecule has 0 aliphatic carbocycles. The number of aldehydes is 1. The van der Waals surface area contributed by atoms with Crippen LogP contribution in [0.15, 0.2) is 11.4 Å². The summed E-state index contributed by atoms with van der Waals surface area (Å²) in [5, 5.41) is 3.62. The predicted octanol–water partition coefficient (Wildman–Crippen LogP) is 2.36. The second-order valence-electron chi connectivity index (χ2n) is 2.16. The van der Waals surface area contributed by atoms with Crippen molar-refractivity contribution in [1.29, 1.82) is 0 Å². The maximum Gasteiger partial charge on any atom is 0.151 e. The van der Waals surface area contributed by atoms with E-state index in [1.807, 2.05) is 11.4 Å². The molecule has 4 heteroatoms. The van der Waals surface area contributed by atoms with Gasteiger partial charge in [0.1, 0.15) is 0 Å². The van der Waals surface area contributed by atoms with Crippen LogP contribution in [0.4, 0.5) is 5.00 Å². The van der Waals surface area contributed by atoms with Gasteiger partial charge in [-0.15, -0.1) is 22.7 Å². The van der Waals surface area contributed by atoms with Crippen LogP contribution in [0, 0.1) is 0 Å². The first-order valence-electron chi connectivity index (χ1n) is 3.03. The highest BCUT2D eigenvalue weighted by Gasteiger charge is 2.05. The monoisotopic (exact) mass is 183 g/mol. The Kier molecular flexibility index (Phi) is 1.44. The van der Waals surface area contributed by atoms with Crippen LogP contribution in [0.5, 0.6) is 0 Å². The third-order valence-corrected chi connectivity index (χ3v) is 3.55. The molecular weight excluding hydrogens is 178 g/mol. The van der Waals surface area contributed by atoms with E-state index in [2.05, 4.69) is 0 Å². The van der Waals surface area contributed by atoms with Gasteiger partial charge in [-0.2, -0.15) is 0 Å². The number of nitrogen functional groups attached to an aromatic ring is 1. The molecule has 2 nitrogen and oxygen atoms in total. The van der Waals surface area contributed by atoms with E-state index in [1.54, 1.807) is 11.3 Å². The van der Waals surface area contributed by atoms with Crippen molar-refractivity contribution in [3.05, 3.63) is 17.0 Å². The molecule has 0 atom stereocenters. The molecule has 0 spiro atoms. The van der Waals surface area contributed by atoms with Gasteiger partial charge in [-0.25, -0.2) is 0 Å². The molecule has 0 saturated carbocycles. The highest BCUT2D eigenvalue weighted by Crippen LogP contribution is 2.34. The minimum Gasteiger partial charge on any atom is -0.391 e. The number of rotatable bonds is 1. The lowest BCUT2D eigenvalue weighted by Crippen LogP contribution is -1.75. The first-order chi connectivity index (χ1) is 5.31. The maximum absolute atomic E-state index is 10.5. The molecule has 0 unspecified atom stereocenters. The van der Waals surface area contributed by atoms with Crippen molar-refractivity contribution in [3.63, 3.8) is 0 Å². The highest BCUT2D eigenvalue weighted by molar-refractivity contribution is 7.39. The molecule has 0 fully saturated rings. The third-order valence-electron chi connectivity index (χ3n) is 1.45. The van der Waals surface area contributed by atoms with Crippen LogP contribution in [0.2, 0.25) is 0 Å². The topological polar surface area (TPSA) is 43.1 Å². The molecule has 2 aromatic heterocycles. The van der Waals surface area contributed by atoms with Crippen LogP contribution in [0.25, 0.3) is 9.40 Å². The van der Waals surface area contributed by atoms with E-state index in [1.165, 1.54) is 11.3 Å². The Morgan fingerprint density at radius 3 is 3.09 bits per heavy atom. The molecule has 0 amide bonds. The standard InChI is InChI=1S/C7H5NOS2/c8-6-1-5-4(2-9)3-10-7(5)11-6/h1-3H,8H2. The molecule has 0 aliphatic rings. The van der Waals surface area contributed by atoms with Gasteiger partial charge in [0.2, 0.25) is 0 Å². The molecule has 0 saturated heterocycles. The lowest BCUT2D eigenvalue weighted by atomic mass is 10.3. The van der Waals surface area contributed by atoms with Gasteiger partial charge in [-0.05, 0) is 6.07 Å². The first kappa shape index (κ1) is 6.82. The van der Waals surface area contributed by atoms with Crippen LogP contribution in [0.1, 0.15) is 10.4 Å². The van der Waals surface area contributed by atoms with E-state index in [4.69, 9.17) is 5.73 Å². The van der Waals surface area contributed by atoms with Crippen molar-refractivity contribution in [2.45, 2.75) is 0 Å². The van der Waals surface area contributed by atoms with Crippen molar-refractivity contribution >= 4 is 43.4 Å². The molecule has 2 N–H and O–H groups in total. The largest absolute Gasteiger partial charge is 0.391 e. The number of nitrogens with two attached hydrogens (primary N) is 1. The number of hydrogen-bond donors (Lipinski definition) is 1. The fourth-order valence-electron chi connectivity index (χ4n) is 0.953. The van der Waals surface area contributed by atoms with Crippen LogP contribution >= 0.6 is 22.7 Å². The fourth-order valence-corrected chi connectivity index (χ4v) is 2.98. The van der Waals surface area contributed by atoms with Crippen molar-refractivity contribution in [2.24, 2.45) is 0 Å². The minimum atomic E-state index is 0.748. The lowest BCUT2D eigenvalue weighted by Gasteiger charge is -1.77. The van der Waals surface area contributed by atoms with Gasteiger partial charge >= 0.3 is 0 Å². The molecule has 2 heterocycles. The summed E-state index contributed by atoms with van der Waals surface area (Å²) < 4.78 is 1.13. The Labute approximate surface area is 71.3 Å². The van der Waals surface area contributed by atoms with Gasteiger partial charge in [0.05, 0.1) is 9.01 Å². The number of anilines is 1. The number of carbonyl (C=O) groups is 1. The van der Waals surface area contributed by atoms with Crippen molar-refractivity contribution in [3.8, 4) is 0 Å². The number of carbonyl (C=O) groups excluding carboxylic acids is 1. The first-order valence-corrected chi connectivity index (χ1v) is 4.72. The van der Waals surface area contributed by atoms with E-state index >= 15 is 0 Å². The summed E-state index contributed by atoms with van der Waals surface area (Å²) in [6, 6.07) is 1.85. The second kappa shape index (κ2) is 2.32. The smallest absolute Gasteiger partial charge is 0.151 e. The zero-order chi connectivity index (χ0) is 7.84. The number of thiophene rings is 2. The predicted molar refractivity (Wildman–Crippen MR) is 49.5 cm³/mol. The highest BCUT2D eigenvalue weighted by atomic mass is 32.2. The van der Waals surface area contributed by atoms with E-state index in [0.717, 1.165) is 26.3 Å². The third kappa shape index (κ3) is 0.948. The quantitative estimate of drug-likeness (QED) is 0.690. The summed E-state index contributed by atoms with van der Waals surface area (Å²) in [6.45, 7) is 0. The fraction of sp³-hybridized carbons (Fsp3) is 0. The van der Waals surface area contributed by atoms with Crippen LogP contribution in [-0.4, -0.2) is 6.29 Å². The molecule has 0 radical (unpaired) electrons. The minimum absolute atomic E-state index is 0.748. The van der Waals surface area contributed by atoms with E-state index in [9.17, 15) is 4.79 Å². The van der Waals surface area contributed by atoms with Gasteiger partial charge in [-0.1, -0.05) is 0 Å². The number of hydrogen-bond acceptors (Lipinski definition) is 4. The summed E-state index contributed by atoms with van der Waals surface area (Å²) in [5.74, 6) is 0.